The SMILES string of the molecule is CCC1=CC=C(C)N(c2cccs2)C1. The smallest absolute Gasteiger partial charge is 0.0953 e. The van der Waals surface area contributed by atoms with Crippen molar-refractivity contribution in [3.05, 3.63) is 40.9 Å². The molecule has 0 radical (unpaired) electrons. The largest absolute Gasteiger partial charge is 0.333 e. The molecule has 2 heterocycles. The Balaban J connectivity index is 2.24. The Morgan fingerprint density at radius 1 is 1.43 bits per heavy atom. The third-order valence-corrected chi connectivity index (χ3v) is 3.46. The molecule has 0 unspecified atom stereocenters. The van der Waals surface area contributed by atoms with Gasteiger partial charge in [0.1, 0.15) is 0 Å². The minimum Gasteiger partial charge on any atom is -0.333 e. The molecular formula is C12H15NS. The summed E-state index contributed by atoms with van der Waals surface area (Å²) >= 11 is 1.80. The first-order chi connectivity index (χ1) is 6.81. The summed E-state index contributed by atoms with van der Waals surface area (Å²) in [6.45, 7) is 5.44. The lowest BCUT2D eigenvalue weighted by Crippen LogP contribution is -2.24. The van der Waals surface area contributed by atoms with Crippen molar-refractivity contribution in [1.82, 2.24) is 0 Å². The fourth-order valence-electron chi connectivity index (χ4n) is 1.61. The highest BCUT2D eigenvalue weighted by Gasteiger charge is 2.13. The summed E-state index contributed by atoms with van der Waals surface area (Å²) in [7, 11) is 0. The van der Waals surface area contributed by atoms with E-state index < -0.39 is 0 Å². The van der Waals surface area contributed by atoms with Gasteiger partial charge in [-0.05, 0) is 36.9 Å². The molecule has 1 aromatic heterocycles. The number of hydrogen-bond acceptors (Lipinski definition) is 2. The van der Waals surface area contributed by atoms with Crippen LogP contribution in [0.15, 0.2) is 40.9 Å². The minimum absolute atomic E-state index is 1.05. The summed E-state index contributed by atoms with van der Waals surface area (Å²) in [5.41, 5.74) is 2.84. The first-order valence-electron chi connectivity index (χ1n) is 4.98. The van der Waals surface area contributed by atoms with Gasteiger partial charge in [-0.1, -0.05) is 18.6 Å². The molecule has 0 fully saturated rings. The highest BCUT2D eigenvalue weighted by atomic mass is 32.1. The Morgan fingerprint density at radius 2 is 2.29 bits per heavy atom. The van der Waals surface area contributed by atoms with E-state index in [9.17, 15) is 0 Å². The van der Waals surface area contributed by atoms with Gasteiger partial charge >= 0.3 is 0 Å². The second-order valence-corrected chi connectivity index (χ2v) is 4.45. The molecule has 0 N–H and O–H groups in total. The molecule has 1 aliphatic rings. The maximum absolute atomic E-state index is 2.38. The molecule has 0 saturated heterocycles. The lowest BCUT2D eigenvalue weighted by atomic mass is 10.1. The summed E-state index contributed by atoms with van der Waals surface area (Å²) < 4.78 is 0. The molecule has 0 saturated carbocycles. The average molecular weight is 205 g/mol. The molecule has 2 rings (SSSR count). The minimum atomic E-state index is 1.05. The zero-order valence-electron chi connectivity index (χ0n) is 8.66. The van der Waals surface area contributed by atoms with Gasteiger partial charge in [0.25, 0.3) is 0 Å². The van der Waals surface area contributed by atoms with E-state index in [1.165, 1.54) is 16.3 Å². The third-order valence-electron chi connectivity index (χ3n) is 2.57. The Bertz CT molecular complexity index is 360. The summed E-state index contributed by atoms with van der Waals surface area (Å²) in [6, 6.07) is 4.29. The number of nitrogens with zero attached hydrogens (tertiary/aromatic N) is 1. The summed E-state index contributed by atoms with van der Waals surface area (Å²) in [5, 5.41) is 3.48. The first kappa shape index (κ1) is 9.53. The van der Waals surface area contributed by atoms with Crippen molar-refractivity contribution < 1.29 is 0 Å². The number of anilines is 1. The lowest BCUT2D eigenvalue weighted by molar-refractivity contribution is 0.908. The summed E-state index contributed by atoms with van der Waals surface area (Å²) in [4.78, 5) is 2.38. The van der Waals surface area contributed by atoms with Crippen LogP contribution in [0.25, 0.3) is 0 Å². The van der Waals surface area contributed by atoms with Gasteiger partial charge in [0.05, 0.1) is 5.00 Å². The molecule has 1 nitrogen and oxygen atoms in total. The zero-order valence-corrected chi connectivity index (χ0v) is 9.47. The van der Waals surface area contributed by atoms with Crippen LogP contribution in [-0.2, 0) is 0 Å². The van der Waals surface area contributed by atoms with Crippen LogP contribution in [0.1, 0.15) is 20.3 Å². The molecule has 1 aliphatic heterocycles. The average Bonchev–Trinajstić information content (AvgIpc) is 2.71. The van der Waals surface area contributed by atoms with Crippen molar-refractivity contribution in [2.45, 2.75) is 20.3 Å². The number of allylic oxidation sites excluding steroid dienone is 3. The predicted octanol–water partition coefficient (Wildman–Crippen LogP) is 3.81. The predicted molar refractivity (Wildman–Crippen MR) is 63.8 cm³/mol. The Labute approximate surface area is 89.4 Å². The Morgan fingerprint density at radius 3 is 2.93 bits per heavy atom. The van der Waals surface area contributed by atoms with Crippen LogP contribution in [0.4, 0.5) is 5.00 Å². The molecular weight excluding hydrogens is 190 g/mol. The molecule has 0 amide bonds. The van der Waals surface area contributed by atoms with E-state index in [1.54, 1.807) is 11.3 Å². The van der Waals surface area contributed by atoms with Gasteiger partial charge in [-0.3, -0.25) is 0 Å². The molecule has 0 spiro atoms. The van der Waals surface area contributed by atoms with Gasteiger partial charge in [-0.2, -0.15) is 0 Å². The second-order valence-electron chi connectivity index (χ2n) is 3.52. The monoisotopic (exact) mass is 205 g/mol. The van der Waals surface area contributed by atoms with Crippen molar-refractivity contribution >= 4 is 16.3 Å². The van der Waals surface area contributed by atoms with E-state index in [1.807, 2.05) is 0 Å². The van der Waals surface area contributed by atoms with Crippen molar-refractivity contribution in [2.75, 3.05) is 11.4 Å². The van der Waals surface area contributed by atoms with Crippen molar-refractivity contribution in [2.24, 2.45) is 0 Å². The fraction of sp³-hybridized carbons (Fsp3) is 0.333. The number of rotatable bonds is 2. The normalized spacial score (nSPS) is 16.6. The van der Waals surface area contributed by atoms with Gasteiger partial charge in [0, 0.05) is 12.2 Å². The van der Waals surface area contributed by atoms with Crippen LogP contribution in [0.5, 0.6) is 0 Å². The molecule has 1 aromatic rings. The van der Waals surface area contributed by atoms with E-state index in [0.29, 0.717) is 0 Å². The van der Waals surface area contributed by atoms with Gasteiger partial charge < -0.3 is 4.90 Å². The van der Waals surface area contributed by atoms with E-state index >= 15 is 0 Å². The quantitative estimate of drug-likeness (QED) is 0.709. The van der Waals surface area contributed by atoms with Crippen molar-refractivity contribution in [1.29, 1.82) is 0 Å². The van der Waals surface area contributed by atoms with Crippen LogP contribution in [0.3, 0.4) is 0 Å². The zero-order chi connectivity index (χ0) is 9.97. The summed E-state index contributed by atoms with van der Waals surface area (Å²) in [5.74, 6) is 0. The Kier molecular flexibility index (Phi) is 2.73. The Hall–Kier alpha value is -1.02. The highest BCUT2D eigenvalue weighted by Crippen LogP contribution is 2.28. The van der Waals surface area contributed by atoms with Crippen LogP contribution < -0.4 is 4.90 Å². The topological polar surface area (TPSA) is 3.24 Å². The van der Waals surface area contributed by atoms with E-state index in [0.717, 1.165) is 13.0 Å². The van der Waals surface area contributed by atoms with Gasteiger partial charge in [-0.15, -0.1) is 11.3 Å². The van der Waals surface area contributed by atoms with Crippen molar-refractivity contribution in [3.8, 4) is 0 Å². The van der Waals surface area contributed by atoms with E-state index in [2.05, 4.69) is 48.4 Å². The maximum Gasteiger partial charge on any atom is 0.0953 e. The molecule has 14 heavy (non-hydrogen) atoms. The molecule has 0 aliphatic carbocycles. The first-order valence-corrected chi connectivity index (χ1v) is 5.86. The lowest BCUT2D eigenvalue weighted by Gasteiger charge is -2.27. The fourth-order valence-corrected chi connectivity index (χ4v) is 2.40. The van der Waals surface area contributed by atoms with E-state index in [-0.39, 0.29) is 0 Å². The molecule has 0 aromatic carbocycles. The van der Waals surface area contributed by atoms with Gasteiger partial charge in [-0.25, -0.2) is 0 Å². The van der Waals surface area contributed by atoms with Crippen LogP contribution in [0.2, 0.25) is 0 Å². The molecule has 0 bridgehead atoms. The van der Waals surface area contributed by atoms with Crippen LogP contribution in [0, 0.1) is 0 Å². The van der Waals surface area contributed by atoms with E-state index in [4.69, 9.17) is 0 Å². The van der Waals surface area contributed by atoms with Crippen LogP contribution in [-0.4, -0.2) is 6.54 Å². The maximum atomic E-state index is 2.38. The second kappa shape index (κ2) is 4.01. The van der Waals surface area contributed by atoms with Crippen molar-refractivity contribution in [3.63, 3.8) is 0 Å². The van der Waals surface area contributed by atoms with Gasteiger partial charge in [0.15, 0.2) is 0 Å². The summed E-state index contributed by atoms with van der Waals surface area (Å²) in [6.07, 6.45) is 5.60. The van der Waals surface area contributed by atoms with Crippen LogP contribution >= 0.6 is 11.3 Å². The molecule has 74 valence electrons. The number of hydrogen-bond donors (Lipinski definition) is 0. The standard InChI is InChI=1S/C12H15NS/c1-3-11-7-6-10(2)13(9-11)12-5-4-8-14-12/h4-8H,3,9H2,1-2H3. The van der Waals surface area contributed by atoms with Gasteiger partial charge in [0.2, 0.25) is 0 Å². The molecule has 2 heteroatoms. The molecule has 0 atom stereocenters. The third kappa shape index (κ3) is 1.75. The highest BCUT2D eigenvalue weighted by molar-refractivity contribution is 7.14. The number of thiophene rings is 1.